The van der Waals surface area contributed by atoms with Gasteiger partial charge in [0.05, 0.1) is 21.4 Å². The zero-order valence-electron chi connectivity index (χ0n) is 17.2. The Kier molecular flexibility index (Phi) is 6.82. The van der Waals surface area contributed by atoms with Crippen molar-refractivity contribution >= 4 is 44.8 Å². The molecule has 0 bridgehead atoms. The lowest BCUT2D eigenvalue weighted by Crippen LogP contribution is -2.25. The highest BCUT2D eigenvalue weighted by Gasteiger charge is 2.26. The van der Waals surface area contributed by atoms with Crippen molar-refractivity contribution < 1.29 is 13.2 Å². The van der Waals surface area contributed by atoms with Gasteiger partial charge in [-0.2, -0.15) is 0 Å². The molecule has 2 aromatic carbocycles. The Morgan fingerprint density at radius 2 is 1.84 bits per heavy atom. The third-order valence-corrected chi connectivity index (χ3v) is 7.03. The second kappa shape index (κ2) is 9.23. The van der Waals surface area contributed by atoms with Crippen molar-refractivity contribution in [3.05, 3.63) is 86.8 Å². The Morgan fingerprint density at radius 3 is 2.47 bits per heavy atom. The summed E-state index contributed by atoms with van der Waals surface area (Å²) in [6.07, 6.45) is 1.48. The van der Waals surface area contributed by atoms with E-state index < -0.39 is 26.4 Å². The number of para-hydroxylation sites is 1. The molecule has 8 nitrogen and oxygen atoms in total. The molecule has 1 heterocycles. The van der Waals surface area contributed by atoms with Crippen molar-refractivity contribution in [1.82, 2.24) is 14.7 Å². The first-order chi connectivity index (χ1) is 15.1. The van der Waals surface area contributed by atoms with Crippen molar-refractivity contribution in [2.24, 2.45) is 7.05 Å². The van der Waals surface area contributed by atoms with Gasteiger partial charge in [-0.3, -0.25) is 19.0 Å². The summed E-state index contributed by atoms with van der Waals surface area (Å²) in [5.74, 6) is -0.553. The van der Waals surface area contributed by atoms with E-state index in [-0.39, 0.29) is 27.8 Å². The quantitative estimate of drug-likeness (QED) is 0.490. The predicted molar refractivity (Wildman–Crippen MR) is 126 cm³/mol. The lowest BCUT2D eigenvalue weighted by molar-refractivity contribution is 0.0958. The molecule has 1 amide bonds. The third kappa shape index (κ3) is 4.45. The Morgan fingerprint density at radius 1 is 1.19 bits per heavy atom. The summed E-state index contributed by atoms with van der Waals surface area (Å²) < 4.78 is 31.5. The minimum absolute atomic E-state index is 0.00638. The molecule has 0 spiro atoms. The molecule has 1 aromatic heterocycles. The monoisotopic (exact) mass is 494 g/mol. The highest BCUT2D eigenvalue weighted by molar-refractivity contribution is 7.92. The van der Waals surface area contributed by atoms with Crippen LogP contribution in [0.2, 0.25) is 10.0 Å². The predicted octanol–water partition coefficient (Wildman–Crippen LogP) is 3.51. The maximum absolute atomic E-state index is 13.2. The van der Waals surface area contributed by atoms with Crippen molar-refractivity contribution in [2.45, 2.75) is 11.8 Å². The van der Waals surface area contributed by atoms with Crippen LogP contribution < -0.4 is 15.6 Å². The molecular weight excluding hydrogens is 475 g/mol. The summed E-state index contributed by atoms with van der Waals surface area (Å²) in [5, 5.41) is 2.15. The second-order valence-electron chi connectivity index (χ2n) is 6.81. The van der Waals surface area contributed by atoms with Crippen LogP contribution in [0.1, 0.15) is 16.1 Å². The smallest absolute Gasteiger partial charge is 0.296 e. The summed E-state index contributed by atoms with van der Waals surface area (Å²) in [7, 11) is -2.73. The summed E-state index contributed by atoms with van der Waals surface area (Å²) in [6, 6.07) is 11.1. The molecule has 3 rings (SSSR count). The lowest BCUT2D eigenvalue weighted by atomic mass is 10.2. The number of anilines is 1. The van der Waals surface area contributed by atoms with E-state index in [9.17, 15) is 18.0 Å². The van der Waals surface area contributed by atoms with Gasteiger partial charge >= 0.3 is 0 Å². The van der Waals surface area contributed by atoms with Gasteiger partial charge in [0.2, 0.25) is 0 Å². The number of nitrogens with zero attached hydrogens (tertiary/aromatic N) is 2. The summed E-state index contributed by atoms with van der Waals surface area (Å²) >= 11 is 12.2. The van der Waals surface area contributed by atoms with Crippen molar-refractivity contribution in [1.29, 1.82) is 0 Å². The van der Waals surface area contributed by atoms with Crippen molar-refractivity contribution in [3.8, 4) is 5.69 Å². The fraction of sp³-hybridized carbons (Fsp3) is 0.143. The zero-order valence-corrected chi connectivity index (χ0v) is 19.6. The first-order valence-electron chi connectivity index (χ1n) is 9.33. The van der Waals surface area contributed by atoms with Crippen LogP contribution >= 0.6 is 23.2 Å². The number of benzene rings is 2. The van der Waals surface area contributed by atoms with E-state index in [1.807, 2.05) is 0 Å². The number of aromatic nitrogens is 2. The van der Waals surface area contributed by atoms with Gasteiger partial charge in [0.25, 0.3) is 21.5 Å². The lowest BCUT2D eigenvalue weighted by Gasteiger charge is -2.12. The SMILES string of the molecule is C=CCNC(=O)c1cc(Cl)c(Cl)c(S(=O)(=O)Nc2c(C)n(C)n(-c3ccccc3)c2=O)c1. The van der Waals surface area contributed by atoms with E-state index >= 15 is 0 Å². The number of hydrogen-bond acceptors (Lipinski definition) is 4. The maximum atomic E-state index is 13.2. The van der Waals surface area contributed by atoms with E-state index in [4.69, 9.17) is 23.2 Å². The van der Waals surface area contributed by atoms with Crippen LogP contribution in [-0.2, 0) is 17.1 Å². The summed E-state index contributed by atoms with van der Waals surface area (Å²) in [6.45, 7) is 5.29. The molecule has 0 aliphatic rings. The first-order valence-corrected chi connectivity index (χ1v) is 11.6. The molecule has 0 fully saturated rings. The van der Waals surface area contributed by atoms with Crippen LogP contribution in [0.5, 0.6) is 0 Å². The molecule has 0 aliphatic heterocycles. The van der Waals surface area contributed by atoms with E-state index in [2.05, 4.69) is 16.6 Å². The van der Waals surface area contributed by atoms with Gasteiger partial charge in [-0.05, 0) is 31.2 Å². The summed E-state index contributed by atoms with van der Waals surface area (Å²) in [4.78, 5) is 24.9. The molecule has 0 radical (unpaired) electrons. The van der Waals surface area contributed by atoms with Crippen LogP contribution in [0, 0.1) is 6.92 Å². The van der Waals surface area contributed by atoms with Crippen LogP contribution in [0.25, 0.3) is 5.69 Å². The fourth-order valence-electron chi connectivity index (χ4n) is 3.03. The average molecular weight is 495 g/mol. The van der Waals surface area contributed by atoms with Gasteiger partial charge in [0, 0.05) is 19.2 Å². The number of sulfonamides is 1. The van der Waals surface area contributed by atoms with E-state index in [0.717, 1.165) is 6.07 Å². The van der Waals surface area contributed by atoms with Crippen LogP contribution in [-0.4, -0.2) is 30.2 Å². The zero-order chi connectivity index (χ0) is 23.6. The average Bonchev–Trinajstić information content (AvgIpc) is 2.97. The first kappa shape index (κ1) is 23.6. The van der Waals surface area contributed by atoms with Gasteiger partial charge in [0.15, 0.2) is 0 Å². The van der Waals surface area contributed by atoms with Gasteiger partial charge in [-0.15, -0.1) is 6.58 Å². The standard InChI is InChI=1S/C21H20Cl2N4O4S/c1-4-10-24-20(28)14-11-16(22)18(23)17(12-14)32(30,31)25-19-13(2)26(3)27(21(19)29)15-8-6-5-7-9-15/h4-9,11-12,25H,1,10H2,2-3H3,(H,24,28). The second-order valence-corrected chi connectivity index (χ2v) is 9.25. The number of halogens is 2. The molecule has 0 aliphatic carbocycles. The number of nitrogens with one attached hydrogen (secondary N) is 2. The van der Waals surface area contributed by atoms with Gasteiger partial charge < -0.3 is 5.32 Å². The molecule has 2 N–H and O–H groups in total. The number of hydrogen-bond donors (Lipinski definition) is 2. The molecule has 168 valence electrons. The maximum Gasteiger partial charge on any atom is 0.296 e. The molecule has 0 saturated carbocycles. The molecule has 0 atom stereocenters. The van der Waals surface area contributed by atoms with Gasteiger partial charge in [-0.25, -0.2) is 13.1 Å². The van der Waals surface area contributed by atoms with Crippen molar-refractivity contribution in [3.63, 3.8) is 0 Å². The van der Waals surface area contributed by atoms with Crippen LogP contribution in [0.3, 0.4) is 0 Å². The fourth-order valence-corrected chi connectivity index (χ4v) is 4.96. The molecule has 0 saturated heterocycles. The van der Waals surface area contributed by atoms with Crippen molar-refractivity contribution in [2.75, 3.05) is 11.3 Å². The van der Waals surface area contributed by atoms with E-state index in [1.165, 1.54) is 21.5 Å². The molecular formula is C21H20Cl2N4O4S. The number of amides is 1. The Labute approximate surface area is 195 Å². The number of carbonyl (C=O) groups is 1. The minimum Gasteiger partial charge on any atom is -0.349 e. The topological polar surface area (TPSA) is 102 Å². The third-order valence-electron chi connectivity index (χ3n) is 4.74. The van der Waals surface area contributed by atoms with Gasteiger partial charge in [-0.1, -0.05) is 47.5 Å². The number of carbonyl (C=O) groups excluding carboxylic acids is 1. The van der Waals surface area contributed by atoms with Gasteiger partial charge in [0.1, 0.15) is 10.6 Å². The van der Waals surface area contributed by atoms with E-state index in [0.29, 0.717) is 11.4 Å². The van der Waals surface area contributed by atoms with Crippen LogP contribution in [0.15, 0.2) is 64.8 Å². The Bertz CT molecular complexity index is 1360. The molecule has 32 heavy (non-hydrogen) atoms. The van der Waals surface area contributed by atoms with Crippen LogP contribution in [0.4, 0.5) is 5.69 Å². The minimum atomic E-state index is -4.37. The van der Waals surface area contributed by atoms with E-state index in [1.54, 1.807) is 44.3 Å². The summed E-state index contributed by atoms with van der Waals surface area (Å²) in [5.41, 5.74) is 0.222. The Hall–Kier alpha value is -3.01. The Balaban J connectivity index is 2.08. The normalized spacial score (nSPS) is 11.2. The highest BCUT2D eigenvalue weighted by Crippen LogP contribution is 2.32. The molecule has 11 heteroatoms. The largest absolute Gasteiger partial charge is 0.349 e. The number of rotatable bonds is 7. The molecule has 3 aromatic rings. The highest BCUT2D eigenvalue weighted by atomic mass is 35.5. The molecule has 0 unspecified atom stereocenters.